The number of ether oxygens (including phenoxy) is 1. The van der Waals surface area contributed by atoms with Gasteiger partial charge in [-0.15, -0.1) is 11.3 Å². The molecule has 148 valence electrons. The van der Waals surface area contributed by atoms with Crippen LogP contribution in [0.2, 0.25) is 0 Å². The van der Waals surface area contributed by atoms with Crippen LogP contribution in [0, 0.1) is 5.82 Å². The first-order valence-electron chi connectivity index (χ1n) is 8.96. The van der Waals surface area contributed by atoms with E-state index in [0.717, 1.165) is 11.4 Å². The number of benzene rings is 2. The van der Waals surface area contributed by atoms with Crippen molar-refractivity contribution in [3.8, 4) is 11.4 Å². The third kappa shape index (κ3) is 3.05. The number of hydrogen-bond donors (Lipinski definition) is 1. The molecule has 3 aromatic heterocycles. The van der Waals surface area contributed by atoms with Crippen LogP contribution in [0.25, 0.3) is 26.1 Å². The monoisotopic (exact) mass is 419 g/mol. The molecule has 7 nitrogen and oxygen atoms in total. The number of rotatable bonds is 4. The Morgan fingerprint density at radius 1 is 1.03 bits per heavy atom. The number of anilines is 2. The first kappa shape index (κ1) is 18.2. The van der Waals surface area contributed by atoms with E-state index >= 15 is 0 Å². The van der Waals surface area contributed by atoms with Gasteiger partial charge in [0.05, 0.1) is 18.2 Å². The maximum Gasteiger partial charge on any atom is 0.275 e. The van der Waals surface area contributed by atoms with Crippen molar-refractivity contribution in [1.29, 1.82) is 0 Å². The molecule has 5 rings (SSSR count). The van der Waals surface area contributed by atoms with Crippen LogP contribution in [0.5, 0.6) is 5.75 Å². The normalized spacial score (nSPS) is 11.1. The molecule has 0 bridgehead atoms. The molecule has 0 radical (unpaired) electrons. The molecule has 0 saturated heterocycles. The van der Waals surface area contributed by atoms with Crippen molar-refractivity contribution in [2.45, 2.75) is 0 Å². The van der Waals surface area contributed by atoms with E-state index < -0.39 is 0 Å². The highest BCUT2D eigenvalue weighted by Gasteiger charge is 2.17. The predicted molar refractivity (Wildman–Crippen MR) is 115 cm³/mol. The molecular weight excluding hydrogens is 405 g/mol. The fourth-order valence-corrected chi connectivity index (χ4v) is 4.18. The van der Waals surface area contributed by atoms with Crippen LogP contribution in [0.4, 0.5) is 15.9 Å². The zero-order chi connectivity index (χ0) is 20.7. The second-order valence-corrected chi connectivity index (χ2v) is 7.43. The fourth-order valence-electron chi connectivity index (χ4n) is 3.16. The molecule has 30 heavy (non-hydrogen) atoms. The summed E-state index contributed by atoms with van der Waals surface area (Å²) in [7, 11) is 1.61. The Balaban J connectivity index is 1.64. The summed E-state index contributed by atoms with van der Waals surface area (Å²) in [6.45, 7) is 0. The highest BCUT2D eigenvalue weighted by atomic mass is 32.1. The maximum absolute atomic E-state index is 13.2. The van der Waals surface area contributed by atoms with Crippen molar-refractivity contribution >= 4 is 43.3 Å². The summed E-state index contributed by atoms with van der Waals surface area (Å²) < 4.78 is 20.3. The van der Waals surface area contributed by atoms with Gasteiger partial charge in [0.25, 0.3) is 5.56 Å². The summed E-state index contributed by atoms with van der Waals surface area (Å²) in [6.07, 6.45) is 2.89. The number of halogens is 1. The van der Waals surface area contributed by atoms with E-state index in [9.17, 15) is 9.18 Å². The number of fused-ring (bicyclic) bond motifs is 3. The molecular formula is C21H14FN5O2S. The van der Waals surface area contributed by atoms with Crippen molar-refractivity contribution in [2.75, 3.05) is 12.4 Å². The van der Waals surface area contributed by atoms with Gasteiger partial charge < -0.3 is 10.1 Å². The molecule has 5 aromatic rings. The first-order valence-corrected chi connectivity index (χ1v) is 9.77. The van der Waals surface area contributed by atoms with Gasteiger partial charge in [0.1, 0.15) is 45.1 Å². The number of methoxy groups -OCH3 is 1. The van der Waals surface area contributed by atoms with Crippen molar-refractivity contribution in [3.63, 3.8) is 0 Å². The zero-order valence-electron chi connectivity index (χ0n) is 15.7. The molecule has 9 heteroatoms. The van der Waals surface area contributed by atoms with Crippen molar-refractivity contribution in [2.24, 2.45) is 0 Å². The smallest absolute Gasteiger partial charge is 0.275 e. The van der Waals surface area contributed by atoms with Gasteiger partial charge in [0.2, 0.25) is 0 Å². The lowest BCUT2D eigenvalue weighted by molar-refractivity contribution is 0.415. The summed E-state index contributed by atoms with van der Waals surface area (Å²) in [5.41, 5.74) is 1.63. The minimum atomic E-state index is -0.368. The minimum Gasteiger partial charge on any atom is -0.497 e. The lowest BCUT2D eigenvalue weighted by Gasteiger charge is -2.08. The highest BCUT2D eigenvalue weighted by Crippen LogP contribution is 2.34. The average Bonchev–Trinajstić information content (AvgIpc) is 3.16. The van der Waals surface area contributed by atoms with Gasteiger partial charge in [-0.1, -0.05) is 0 Å². The number of nitrogens with one attached hydrogen (secondary N) is 1. The third-order valence-electron chi connectivity index (χ3n) is 4.64. The van der Waals surface area contributed by atoms with Gasteiger partial charge >= 0.3 is 0 Å². The Morgan fingerprint density at radius 3 is 2.53 bits per heavy atom. The van der Waals surface area contributed by atoms with E-state index in [1.54, 1.807) is 7.11 Å². The largest absolute Gasteiger partial charge is 0.497 e. The Hall–Kier alpha value is -3.85. The Kier molecular flexibility index (Phi) is 4.36. The molecule has 2 aromatic carbocycles. The van der Waals surface area contributed by atoms with Crippen LogP contribution in [-0.2, 0) is 0 Å². The summed E-state index contributed by atoms with van der Waals surface area (Å²) >= 11 is 1.25. The first-order chi connectivity index (χ1) is 14.6. The maximum atomic E-state index is 13.2. The van der Waals surface area contributed by atoms with Gasteiger partial charge in [-0.05, 0) is 48.5 Å². The van der Waals surface area contributed by atoms with Crippen LogP contribution >= 0.6 is 11.3 Å². The third-order valence-corrected chi connectivity index (χ3v) is 5.71. The van der Waals surface area contributed by atoms with Crippen LogP contribution in [-0.4, -0.2) is 26.6 Å². The topological polar surface area (TPSA) is 81.9 Å². The summed E-state index contributed by atoms with van der Waals surface area (Å²) in [5.74, 6) is 0.937. The lowest BCUT2D eigenvalue weighted by atomic mass is 10.2. The summed E-state index contributed by atoms with van der Waals surface area (Å²) in [6, 6.07) is 13.1. The van der Waals surface area contributed by atoms with Crippen LogP contribution < -0.4 is 15.6 Å². The highest BCUT2D eigenvalue weighted by molar-refractivity contribution is 7.25. The van der Waals surface area contributed by atoms with E-state index in [0.29, 0.717) is 31.9 Å². The number of nitrogens with zero attached hydrogens (tertiary/aromatic N) is 4. The van der Waals surface area contributed by atoms with Crippen molar-refractivity contribution in [3.05, 3.63) is 77.4 Å². The van der Waals surface area contributed by atoms with Crippen LogP contribution in [0.15, 0.2) is 66.0 Å². The summed E-state index contributed by atoms with van der Waals surface area (Å²) in [5, 5.41) is 3.94. The summed E-state index contributed by atoms with van der Waals surface area (Å²) in [4.78, 5) is 26.9. The van der Waals surface area contributed by atoms with Gasteiger partial charge in [0.15, 0.2) is 0 Å². The second kappa shape index (κ2) is 7.20. The van der Waals surface area contributed by atoms with Crippen molar-refractivity contribution < 1.29 is 9.13 Å². The molecule has 0 saturated carbocycles. The van der Waals surface area contributed by atoms with Gasteiger partial charge in [-0.25, -0.2) is 19.3 Å². The van der Waals surface area contributed by atoms with E-state index in [1.165, 1.54) is 52.8 Å². The lowest BCUT2D eigenvalue weighted by Crippen LogP contribution is -2.17. The minimum absolute atomic E-state index is 0.245. The average molecular weight is 419 g/mol. The molecule has 0 aliphatic carbocycles. The zero-order valence-corrected chi connectivity index (χ0v) is 16.5. The second-order valence-electron chi connectivity index (χ2n) is 6.43. The Morgan fingerprint density at radius 2 is 1.80 bits per heavy atom. The number of aromatic nitrogens is 4. The predicted octanol–water partition coefficient (Wildman–Crippen LogP) is 4.28. The molecule has 0 aliphatic heterocycles. The van der Waals surface area contributed by atoms with Crippen LogP contribution in [0.1, 0.15) is 0 Å². The molecule has 0 spiro atoms. The molecule has 0 atom stereocenters. The van der Waals surface area contributed by atoms with E-state index in [4.69, 9.17) is 4.74 Å². The van der Waals surface area contributed by atoms with Gasteiger partial charge in [-0.2, -0.15) is 0 Å². The fraction of sp³-hybridized carbons (Fsp3) is 0.0476. The molecule has 3 heterocycles. The van der Waals surface area contributed by atoms with Gasteiger partial charge in [-0.3, -0.25) is 9.36 Å². The number of hydrogen-bond acceptors (Lipinski definition) is 7. The molecule has 0 aliphatic rings. The van der Waals surface area contributed by atoms with Crippen molar-refractivity contribution in [1.82, 2.24) is 19.5 Å². The molecule has 0 amide bonds. The van der Waals surface area contributed by atoms with E-state index in [2.05, 4.69) is 20.3 Å². The SMILES string of the molecule is COc1ccc(Nc2ncnc3sc4c(=O)n(-c5ccc(F)cc5)cnc4c23)cc1. The molecule has 0 unspecified atom stereocenters. The van der Waals surface area contributed by atoms with Crippen LogP contribution in [0.3, 0.4) is 0 Å². The molecule has 1 N–H and O–H groups in total. The van der Waals surface area contributed by atoms with E-state index in [-0.39, 0.29) is 11.4 Å². The van der Waals surface area contributed by atoms with Gasteiger partial charge in [0, 0.05) is 5.69 Å². The quantitative estimate of drug-likeness (QED) is 0.468. The Labute approximate surface area is 173 Å². The Bertz CT molecular complexity index is 1430. The molecule has 0 fully saturated rings. The standard InChI is InChI=1S/C21H14FN5O2S/c1-29-15-8-4-13(5-9-15)26-19-16-17-18(30-20(16)24-10-23-19)21(28)27(11-25-17)14-6-2-12(22)3-7-14/h2-11H,1H3,(H,23,24,26). The number of thiophene rings is 1. The van der Waals surface area contributed by atoms with E-state index in [1.807, 2.05) is 24.3 Å².